The molecule has 0 aromatic carbocycles. The minimum Gasteiger partial charge on any atom is -0.378 e. The average Bonchev–Trinajstić information content (AvgIpc) is 2.86. The topological polar surface area (TPSA) is 54.0 Å². The van der Waals surface area contributed by atoms with Crippen molar-refractivity contribution in [3.05, 3.63) is 47.0 Å². The number of ether oxygens (including phenoxy) is 1. The van der Waals surface area contributed by atoms with Gasteiger partial charge in [-0.25, -0.2) is 0 Å². The number of aromatic nitrogens is 3. The van der Waals surface area contributed by atoms with E-state index in [0.717, 1.165) is 36.8 Å². The fourth-order valence-electron chi connectivity index (χ4n) is 2.68. The molecule has 0 bridgehead atoms. The Hall–Kier alpha value is -1.72. The van der Waals surface area contributed by atoms with Crippen molar-refractivity contribution in [1.29, 1.82) is 0 Å². The second kappa shape index (κ2) is 5.73. The number of hydrogen-bond donors (Lipinski definition) is 1. The SMILES string of the molecule is Cc1cccc(CN2CCOC[C@H]2c2[nH]ncc2C)n1. The quantitative estimate of drug-likeness (QED) is 0.928. The Labute approximate surface area is 119 Å². The lowest BCUT2D eigenvalue weighted by atomic mass is 10.1. The van der Waals surface area contributed by atoms with Gasteiger partial charge in [-0.2, -0.15) is 5.10 Å². The summed E-state index contributed by atoms with van der Waals surface area (Å²) < 4.78 is 5.64. The van der Waals surface area contributed by atoms with Crippen LogP contribution in [0.15, 0.2) is 24.4 Å². The summed E-state index contributed by atoms with van der Waals surface area (Å²) in [5.41, 5.74) is 4.50. The van der Waals surface area contributed by atoms with E-state index in [2.05, 4.69) is 39.1 Å². The van der Waals surface area contributed by atoms with Gasteiger partial charge < -0.3 is 4.74 Å². The van der Waals surface area contributed by atoms with Gasteiger partial charge in [0.05, 0.1) is 36.8 Å². The molecule has 0 spiro atoms. The van der Waals surface area contributed by atoms with Crippen molar-refractivity contribution in [3.8, 4) is 0 Å². The lowest BCUT2D eigenvalue weighted by Gasteiger charge is -2.35. The molecule has 0 aliphatic carbocycles. The minimum absolute atomic E-state index is 0.230. The summed E-state index contributed by atoms with van der Waals surface area (Å²) in [7, 11) is 0. The molecule has 0 saturated carbocycles. The van der Waals surface area contributed by atoms with Gasteiger partial charge in [-0.3, -0.25) is 15.0 Å². The van der Waals surface area contributed by atoms with Gasteiger partial charge in [0.1, 0.15) is 0 Å². The van der Waals surface area contributed by atoms with Crippen LogP contribution >= 0.6 is 0 Å². The zero-order valence-electron chi connectivity index (χ0n) is 12.0. The summed E-state index contributed by atoms with van der Waals surface area (Å²) in [6.07, 6.45) is 1.87. The van der Waals surface area contributed by atoms with Gasteiger partial charge in [0.25, 0.3) is 0 Å². The Bertz CT molecular complexity index is 581. The Morgan fingerprint density at radius 3 is 3.05 bits per heavy atom. The summed E-state index contributed by atoms with van der Waals surface area (Å²) in [5.74, 6) is 0. The monoisotopic (exact) mass is 272 g/mol. The van der Waals surface area contributed by atoms with E-state index < -0.39 is 0 Å². The Kier molecular flexibility index (Phi) is 3.80. The number of morpholine rings is 1. The largest absolute Gasteiger partial charge is 0.378 e. The second-order valence-corrected chi connectivity index (χ2v) is 5.30. The van der Waals surface area contributed by atoms with E-state index in [-0.39, 0.29) is 6.04 Å². The van der Waals surface area contributed by atoms with Gasteiger partial charge in [0.15, 0.2) is 0 Å². The molecular formula is C15H20N4O. The summed E-state index contributed by atoms with van der Waals surface area (Å²) in [4.78, 5) is 7.01. The van der Waals surface area contributed by atoms with Crippen LogP contribution in [0.1, 0.15) is 28.7 Å². The summed E-state index contributed by atoms with van der Waals surface area (Å²) in [6, 6.07) is 6.40. The molecule has 3 heterocycles. The number of aromatic amines is 1. The van der Waals surface area contributed by atoms with Crippen LogP contribution in [0.25, 0.3) is 0 Å². The Balaban J connectivity index is 1.81. The first-order valence-electron chi connectivity index (χ1n) is 6.98. The van der Waals surface area contributed by atoms with E-state index in [9.17, 15) is 0 Å². The molecule has 1 saturated heterocycles. The van der Waals surface area contributed by atoms with Gasteiger partial charge in [-0.15, -0.1) is 0 Å². The molecule has 1 atom stereocenters. The van der Waals surface area contributed by atoms with Crippen LogP contribution in [0.4, 0.5) is 0 Å². The van der Waals surface area contributed by atoms with E-state index in [1.54, 1.807) is 0 Å². The first kappa shape index (κ1) is 13.3. The minimum atomic E-state index is 0.230. The zero-order chi connectivity index (χ0) is 13.9. The first-order valence-corrected chi connectivity index (χ1v) is 6.98. The van der Waals surface area contributed by atoms with Crippen LogP contribution in [0.2, 0.25) is 0 Å². The number of rotatable bonds is 3. The van der Waals surface area contributed by atoms with Gasteiger partial charge >= 0.3 is 0 Å². The molecule has 0 amide bonds. The molecule has 2 aromatic heterocycles. The predicted octanol–water partition coefficient (Wildman–Crippen LogP) is 2.00. The summed E-state index contributed by atoms with van der Waals surface area (Å²) in [5, 5.41) is 7.24. The molecule has 0 unspecified atom stereocenters. The second-order valence-electron chi connectivity index (χ2n) is 5.30. The Morgan fingerprint density at radius 1 is 1.40 bits per heavy atom. The maximum Gasteiger partial charge on any atom is 0.0758 e. The third-order valence-corrected chi connectivity index (χ3v) is 3.75. The van der Waals surface area contributed by atoms with Crippen molar-refractivity contribution in [2.24, 2.45) is 0 Å². The molecule has 20 heavy (non-hydrogen) atoms. The highest BCUT2D eigenvalue weighted by molar-refractivity contribution is 5.19. The van der Waals surface area contributed by atoms with Crippen molar-refractivity contribution in [2.75, 3.05) is 19.8 Å². The third-order valence-electron chi connectivity index (χ3n) is 3.75. The number of nitrogens with zero attached hydrogens (tertiary/aromatic N) is 3. The molecule has 5 heteroatoms. The number of pyridine rings is 1. The summed E-state index contributed by atoms with van der Waals surface area (Å²) in [6.45, 7) is 7.34. The molecule has 0 radical (unpaired) electrons. The summed E-state index contributed by atoms with van der Waals surface area (Å²) >= 11 is 0. The van der Waals surface area contributed by atoms with Crippen LogP contribution in [0, 0.1) is 13.8 Å². The predicted molar refractivity (Wildman–Crippen MR) is 76.3 cm³/mol. The van der Waals surface area contributed by atoms with E-state index in [1.807, 2.05) is 19.2 Å². The lowest BCUT2D eigenvalue weighted by Crippen LogP contribution is -2.39. The van der Waals surface area contributed by atoms with E-state index in [1.165, 1.54) is 5.56 Å². The molecule has 1 fully saturated rings. The normalized spacial score (nSPS) is 20.2. The fourth-order valence-corrected chi connectivity index (χ4v) is 2.68. The number of aryl methyl sites for hydroxylation is 2. The third kappa shape index (κ3) is 2.73. The molecule has 1 N–H and O–H groups in total. The molecule has 1 aliphatic rings. The molecular weight excluding hydrogens is 252 g/mol. The standard InChI is InChI=1S/C15H20N4O/c1-11-8-16-18-15(11)14-10-20-7-6-19(14)9-13-5-3-4-12(2)17-13/h3-5,8,14H,6-7,9-10H2,1-2H3,(H,16,18)/t14-/m0/s1. The van der Waals surface area contributed by atoms with Crippen molar-refractivity contribution in [3.63, 3.8) is 0 Å². The van der Waals surface area contributed by atoms with Crippen LogP contribution in [-0.2, 0) is 11.3 Å². The first-order chi connectivity index (χ1) is 9.74. The maximum atomic E-state index is 5.64. The fraction of sp³-hybridized carbons (Fsp3) is 0.467. The maximum absolute atomic E-state index is 5.64. The van der Waals surface area contributed by atoms with E-state index in [4.69, 9.17) is 4.74 Å². The van der Waals surface area contributed by atoms with Crippen molar-refractivity contribution >= 4 is 0 Å². The van der Waals surface area contributed by atoms with Crippen LogP contribution < -0.4 is 0 Å². The van der Waals surface area contributed by atoms with Crippen LogP contribution in [0.5, 0.6) is 0 Å². The molecule has 3 rings (SSSR count). The van der Waals surface area contributed by atoms with Gasteiger partial charge in [-0.1, -0.05) is 6.07 Å². The zero-order valence-corrected chi connectivity index (χ0v) is 12.0. The highest BCUT2D eigenvalue weighted by Gasteiger charge is 2.27. The number of nitrogens with one attached hydrogen (secondary N) is 1. The highest BCUT2D eigenvalue weighted by atomic mass is 16.5. The average molecular weight is 272 g/mol. The lowest BCUT2D eigenvalue weighted by molar-refractivity contribution is -0.0150. The molecule has 1 aliphatic heterocycles. The smallest absolute Gasteiger partial charge is 0.0758 e. The van der Waals surface area contributed by atoms with Crippen LogP contribution in [0.3, 0.4) is 0 Å². The highest BCUT2D eigenvalue weighted by Crippen LogP contribution is 2.26. The number of H-pyrrole nitrogens is 1. The van der Waals surface area contributed by atoms with Crippen LogP contribution in [-0.4, -0.2) is 39.8 Å². The van der Waals surface area contributed by atoms with Gasteiger partial charge in [0.2, 0.25) is 0 Å². The van der Waals surface area contributed by atoms with E-state index in [0.29, 0.717) is 6.61 Å². The number of hydrogen-bond acceptors (Lipinski definition) is 4. The molecule has 5 nitrogen and oxygen atoms in total. The van der Waals surface area contributed by atoms with Crippen molar-refractivity contribution in [2.45, 2.75) is 26.4 Å². The van der Waals surface area contributed by atoms with Gasteiger partial charge in [-0.05, 0) is 31.5 Å². The van der Waals surface area contributed by atoms with Crippen molar-refractivity contribution < 1.29 is 4.74 Å². The molecule has 106 valence electrons. The molecule has 2 aromatic rings. The van der Waals surface area contributed by atoms with Crippen molar-refractivity contribution in [1.82, 2.24) is 20.1 Å². The van der Waals surface area contributed by atoms with Gasteiger partial charge in [0, 0.05) is 18.8 Å². The Morgan fingerprint density at radius 2 is 2.30 bits per heavy atom. The van der Waals surface area contributed by atoms with E-state index >= 15 is 0 Å².